The van der Waals surface area contributed by atoms with E-state index in [1.165, 1.54) is 30.2 Å². The van der Waals surface area contributed by atoms with Crippen LogP contribution in [0.25, 0.3) is 11.6 Å². The molecule has 27 heavy (non-hydrogen) atoms. The zero-order valence-electron chi connectivity index (χ0n) is 15.2. The number of nitrogens with one attached hydrogen (secondary N) is 2. The molecule has 0 aliphatic heterocycles. The number of furan rings is 1. The lowest BCUT2D eigenvalue weighted by Crippen LogP contribution is -2.40. The van der Waals surface area contributed by atoms with Crippen LogP contribution in [-0.4, -0.2) is 39.0 Å². The van der Waals surface area contributed by atoms with Crippen molar-refractivity contribution in [3.05, 3.63) is 30.0 Å². The van der Waals surface area contributed by atoms with Gasteiger partial charge in [-0.3, -0.25) is 10.1 Å². The maximum absolute atomic E-state index is 12.0. The highest BCUT2D eigenvalue weighted by atomic mass is 32.2. The Morgan fingerprint density at radius 3 is 2.96 bits per heavy atom. The summed E-state index contributed by atoms with van der Waals surface area (Å²) in [5, 5.41) is 13.8. The van der Waals surface area contributed by atoms with Gasteiger partial charge in [0.05, 0.1) is 12.0 Å². The Balaban J connectivity index is 1.39. The molecule has 2 aromatic heterocycles. The summed E-state index contributed by atoms with van der Waals surface area (Å²) in [6.07, 6.45) is 9.36. The van der Waals surface area contributed by atoms with Gasteiger partial charge in [0.1, 0.15) is 0 Å². The van der Waals surface area contributed by atoms with Gasteiger partial charge in [0.2, 0.25) is 5.91 Å². The summed E-state index contributed by atoms with van der Waals surface area (Å²) in [6.45, 7) is 0.536. The molecular weight excluding hydrogens is 366 g/mol. The van der Waals surface area contributed by atoms with E-state index in [0.717, 1.165) is 19.3 Å². The predicted molar refractivity (Wildman–Crippen MR) is 102 cm³/mol. The molecule has 1 aliphatic carbocycles. The van der Waals surface area contributed by atoms with Gasteiger partial charge in [0, 0.05) is 13.6 Å². The monoisotopic (exact) mass is 389 g/mol. The first kappa shape index (κ1) is 19.2. The third-order valence-electron chi connectivity index (χ3n) is 4.28. The molecule has 0 radical (unpaired) electrons. The van der Waals surface area contributed by atoms with Gasteiger partial charge < -0.3 is 14.3 Å². The summed E-state index contributed by atoms with van der Waals surface area (Å²) in [4.78, 5) is 23.8. The molecule has 2 N–H and O–H groups in total. The quantitative estimate of drug-likeness (QED) is 0.558. The summed E-state index contributed by atoms with van der Waals surface area (Å²) in [5.74, 6) is 0.881. The van der Waals surface area contributed by atoms with Gasteiger partial charge in [-0.15, -0.1) is 10.2 Å². The summed E-state index contributed by atoms with van der Waals surface area (Å²) >= 11 is 1.21. The lowest BCUT2D eigenvalue weighted by molar-refractivity contribution is -0.117. The van der Waals surface area contributed by atoms with E-state index in [1.54, 1.807) is 30.0 Å². The molecule has 3 amide bonds. The molecule has 8 nitrogen and oxygen atoms in total. The fourth-order valence-corrected chi connectivity index (χ4v) is 3.58. The van der Waals surface area contributed by atoms with Gasteiger partial charge in [-0.2, -0.15) is 0 Å². The van der Waals surface area contributed by atoms with Gasteiger partial charge in [0.15, 0.2) is 16.7 Å². The number of urea groups is 1. The van der Waals surface area contributed by atoms with Crippen LogP contribution in [0.5, 0.6) is 0 Å². The highest BCUT2D eigenvalue weighted by molar-refractivity contribution is 7.99. The average molecular weight is 389 g/mol. The van der Waals surface area contributed by atoms with E-state index >= 15 is 0 Å². The molecule has 0 saturated heterocycles. The summed E-state index contributed by atoms with van der Waals surface area (Å²) in [5.41, 5.74) is 1.39. The van der Waals surface area contributed by atoms with Crippen molar-refractivity contribution in [3.63, 3.8) is 0 Å². The molecule has 0 unspecified atom stereocenters. The number of amides is 3. The van der Waals surface area contributed by atoms with Gasteiger partial charge in [-0.1, -0.05) is 23.4 Å². The second-order valence-electron chi connectivity index (χ2n) is 6.29. The lowest BCUT2D eigenvalue weighted by Gasteiger charge is -2.13. The molecule has 9 heteroatoms. The Labute approximate surface area is 161 Å². The van der Waals surface area contributed by atoms with E-state index in [2.05, 4.69) is 26.9 Å². The van der Waals surface area contributed by atoms with Crippen LogP contribution in [0.2, 0.25) is 0 Å². The van der Waals surface area contributed by atoms with Crippen molar-refractivity contribution in [2.75, 3.05) is 12.3 Å². The molecular formula is C18H23N5O3S. The minimum atomic E-state index is -0.466. The normalized spacial score (nSPS) is 13.9. The van der Waals surface area contributed by atoms with E-state index in [0.29, 0.717) is 23.3 Å². The number of hydrogen-bond donors (Lipinski definition) is 2. The van der Waals surface area contributed by atoms with Crippen molar-refractivity contribution in [3.8, 4) is 11.6 Å². The number of carbonyl (C=O) groups is 2. The molecule has 144 valence electrons. The number of hydrogen-bond acceptors (Lipinski definition) is 6. The fraction of sp³-hybridized carbons (Fsp3) is 0.444. The standard InChI is InChI=1S/C18H23N5O3S/c1-23-16(14-8-5-11-26-14)21-22-18(23)27-12-15(24)20-17(25)19-10-9-13-6-3-2-4-7-13/h5-6,8,11H,2-4,7,9-10,12H2,1H3,(H2,19,20,24,25). The topological polar surface area (TPSA) is 102 Å². The van der Waals surface area contributed by atoms with Crippen LogP contribution >= 0.6 is 11.8 Å². The maximum Gasteiger partial charge on any atom is 0.321 e. The van der Waals surface area contributed by atoms with E-state index < -0.39 is 6.03 Å². The van der Waals surface area contributed by atoms with E-state index in [-0.39, 0.29) is 11.7 Å². The highest BCUT2D eigenvalue weighted by Crippen LogP contribution is 2.22. The average Bonchev–Trinajstić information content (AvgIpc) is 3.30. The van der Waals surface area contributed by atoms with Crippen molar-refractivity contribution in [2.45, 2.75) is 37.3 Å². The molecule has 0 fully saturated rings. The summed E-state index contributed by atoms with van der Waals surface area (Å²) in [7, 11) is 1.80. The van der Waals surface area contributed by atoms with Gasteiger partial charge >= 0.3 is 6.03 Å². The number of aromatic nitrogens is 3. The smallest absolute Gasteiger partial charge is 0.321 e. The molecule has 0 aromatic carbocycles. The van der Waals surface area contributed by atoms with Crippen molar-refractivity contribution in [2.24, 2.45) is 7.05 Å². The Morgan fingerprint density at radius 1 is 1.33 bits per heavy atom. The zero-order valence-corrected chi connectivity index (χ0v) is 16.1. The second-order valence-corrected chi connectivity index (χ2v) is 7.24. The molecule has 0 spiro atoms. The minimum Gasteiger partial charge on any atom is -0.461 e. The van der Waals surface area contributed by atoms with Gasteiger partial charge in [-0.25, -0.2) is 4.79 Å². The van der Waals surface area contributed by atoms with Crippen LogP contribution in [0, 0.1) is 0 Å². The molecule has 1 aliphatic rings. The van der Waals surface area contributed by atoms with Gasteiger partial charge in [-0.05, 0) is 44.2 Å². The Hall–Kier alpha value is -2.55. The van der Waals surface area contributed by atoms with E-state index in [1.807, 2.05) is 0 Å². The van der Waals surface area contributed by atoms with Gasteiger partial charge in [0.25, 0.3) is 0 Å². The van der Waals surface area contributed by atoms with E-state index in [9.17, 15) is 9.59 Å². The zero-order chi connectivity index (χ0) is 19.1. The Bertz CT molecular complexity index is 813. The number of imide groups is 1. The van der Waals surface area contributed by atoms with Crippen molar-refractivity contribution < 1.29 is 14.0 Å². The van der Waals surface area contributed by atoms with Crippen LogP contribution in [0.15, 0.2) is 39.6 Å². The maximum atomic E-state index is 12.0. The van der Waals surface area contributed by atoms with Crippen molar-refractivity contribution in [1.82, 2.24) is 25.4 Å². The number of thioether (sulfide) groups is 1. The first-order valence-electron chi connectivity index (χ1n) is 8.95. The molecule has 3 rings (SSSR count). The molecule has 0 bridgehead atoms. The molecule has 0 saturated carbocycles. The SMILES string of the molecule is Cn1c(SCC(=O)NC(=O)NCCC2=CCCCC2)nnc1-c1ccco1. The van der Waals surface area contributed by atoms with E-state index in [4.69, 9.17) is 4.42 Å². The molecule has 0 atom stereocenters. The third kappa shape index (κ3) is 5.46. The number of rotatable bonds is 7. The van der Waals surface area contributed by atoms with Crippen LogP contribution < -0.4 is 10.6 Å². The second kappa shape index (κ2) is 9.40. The first-order valence-corrected chi connectivity index (χ1v) is 9.93. The highest BCUT2D eigenvalue weighted by Gasteiger charge is 2.15. The number of nitrogens with zero attached hydrogens (tertiary/aromatic N) is 3. The van der Waals surface area contributed by atoms with Crippen LogP contribution in [0.1, 0.15) is 32.1 Å². The third-order valence-corrected chi connectivity index (χ3v) is 5.30. The van der Waals surface area contributed by atoms with Crippen molar-refractivity contribution >= 4 is 23.7 Å². The fourth-order valence-electron chi connectivity index (χ4n) is 2.87. The van der Waals surface area contributed by atoms with Crippen LogP contribution in [0.3, 0.4) is 0 Å². The lowest BCUT2D eigenvalue weighted by atomic mass is 9.97. The Morgan fingerprint density at radius 2 is 2.22 bits per heavy atom. The largest absolute Gasteiger partial charge is 0.461 e. The van der Waals surface area contributed by atoms with Crippen LogP contribution in [0.4, 0.5) is 4.79 Å². The first-order chi connectivity index (χ1) is 13.1. The van der Waals surface area contributed by atoms with Crippen LogP contribution in [-0.2, 0) is 11.8 Å². The Kier molecular flexibility index (Phi) is 6.69. The van der Waals surface area contributed by atoms with Crippen molar-refractivity contribution in [1.29, 1.82) is 0 Å². The number of allylic oxidation sites excluding steroid dienone is 1. The molecule has 2 heterocycles. The molecule has 2 aromatic rings. The predicted octanol–water partition coefficient (Wildman–Crippen LogP) is 2.88. The summed E-state index contributed by atoms with van der Waals surface area (Å²) < 4.78 is 7.05. The summed E-state index contributed by atoms with van der Waals surface area (Å²) in [6, 6.07) is 3.10. The minimum absolute atomic E-state index is 0.0721. The number of carbonyl (C=O) groups excluding carboxylic acids is 2.